The fraction of sp³-hybridized carbons (Fsp3) is 0.650. The van der Waals surface area contributed by atoms with Crippen LogP contribution in [0.5, 0.6) is 0 Å². The molecule has 1 atom stereocenters. The molecule has 0 saturated heterocycles. The molecule has 2 aromatic heterocycles. The van der Waals surface area contributed by atoms with E-state index < -0.39 is 0 Å². The van der Waals surface area contributed by atoms with Gasteiger partial charge in [0.2, 0.25) is 5.91 Å². The Hall–Kier alpha value is -1.34. The van der Waals surface area contributed by atoms with Crippen molar-refractivity contribution in [3.8, 4) is 0 Å². The zero-order chi connectivity index (χ0) is 19.4. The van der Waals surface area contributed by atoms with Crippen molar-refractivity contribution in [1.82, 2.24) is 20.1 Å². The van der Waals surface area contributed by atoms with Crippen molar-refractivity contribution in [1.29, 1.82) is 0 Å². The normalized spacial score (nSPS) is 17.0. The van der Waals surface area contributed by atoms with Gasteiger partial charge in [0.15, 0.2) is 5.16 Å². The van der Waals surface area contributed by atoms with Crippen LogP contribution in [-0.2, 0) is 11.2 Å². The summed E-state index contributed by atoms with van der Waals surface area (Å²) >= 11 is 3.28. The second-order valence-electron chi connectivity index (χ2n) is 8.32. The van der Waals surface area contributed by atoms with Gasteiger partial charge in [0, 0.05) is 22.9 Å². The summed E-state index contributed by atoms with van der Waals surface area (Å²) in [6.45, 7) is 7.97. The molecule has 2 heterocycles. The number of hydrogen-bond acceptors (Lipinski definition) is 5. The van der Waals surface area contributed by atoms with E-state index in [1.165, 1.54) is 48.7 Å². The quantitative estimate of drug-likeness (QED) is 0.698. The molecule has 0 bridgehead atoms. The van der Waals surface area contributed by atoms with Crippen molar-refractivity contribution in [3.05, 3.63) is 28.2 Å². The van der Waals surface area contributed by atoms with Crippen molar-refractivity contribution >= 4 is 29.0 Å². The van der Waals surface area contributed by atoms with Gasteiger partial charge in [-0.3, -0.25) is 4.79 Å². The second-order valence-corrected chi connectivity index (χ2v) is 10.7. The monoisotopic (exact) mass is 406 g/mol. The van der Waals surface area contributed by atoms with Crippen LogP contribution >= 0.6 is 23.1 Å². The molecule has 0 radical (unpaired) electrons. The highest BCUT2D eigenvalue weighted by atomic mass is 32.2. The average Bonchev–Trinajstić information content (AvgIpc) is 3.25. The van der Waals surface area contributed by atoms with Crippen molar-refractivity contribution in [2.24, 2.45) is 0 Å². The summed E-state index contributed by atoms with van der Waals surface area (Å²) in [6.07, 6.45) is 6.98. The van der Waals surface area contributed by atoms with Crippen LogP contribution in [-0.4, -0.2) is 31.5 Å². The number of nitrogens with zero attached hydrogens (tertiary/aromatic N) is 3. The number of carbonyl (C=O) groups is 1. The summed E-state index contributed by atoms with van der Waals surface area (Å²) in [4.78, 5) is 13.8. The first-order chi connectivity index (χ1) is 12.8. The fourth-order valence-electron chi connectivity index (χ4n) is 3.47. The van der Waals surface area contributed by atoms with Crippen LogP contribution in [0.1, 0.15) is 76.5 Å². The lowest BCUT2D eigenvalue weighted by molar-refractivity contribution is -0.121. The molecular formula is C20H30N4OS2. The number of aromatic nitrogens is 3. The minimum atomic E-state index is -0.229. The molecule has 5 nitrogen and oxygen atoms in total. The molecule has 1 unspecified atom stereocenters. The largest absolute Gasteiger partial charge is 0.351 e. The van der Waals surface area contributed by atoms with Gasteiger partial charge in [-0.15, -0.1) is 21.5 Å². The molecule has 1 N–H and O–H groups in total. The number of carbonyl (C=O) groups excluding carboxylic acids is 1. The predicted molar refractivity (Wildman–Crippen MR) is 112 cm³/mol. The van der Waals surface area contributed by atoms with E-state index in [0.717, 1.165) is 17.4 Å². The van der Waals surface area contributed by atoms with E-state index in [9.17, 15) is 4.79 Å². The Morgan fingerprint density at radius 3 is 2.70 bits per heavy atom. The molecule has 1 aliphatic rings. The van der Waals surface area contributed by atoms with Crippen LogP contribution in [0.4, 0.5) is 0 Å². The Bertz CT molecular complexity index is 743. The van der Waals surface area contributed by atoms with E-state index in [4.69, 9.17) is 0 Å². The Labute approximate surface area is 170 Å². The van der Waals surface area contributed by atoms with Crippen LogP contribution in [0.2, 0.25) is 0 Å². The highest BCUT2D eigenvalue weighted by molar-refractivity contribution is 8.00. The molecule has 27 heavy (non-hydrogen) atoms. The number of thiophene rings is 1. The Kier molecular flexibility index (Phi) is 6.63. The molecule has 0 aromatic carbocycles. The van der Waals surface area contributed by atoms with E-state index in [-0.39, 0.29) is 16.7 Å². The van der Waals surface area contributed by atoms with Gasteiger partial charge in [-0.25, -0.2) is 0 Å². The molecule has 1 fully saturated rings. The van der Waals surface area contributed by atoms with E-state index in [1.54, 1.807) is 11.3 Å². The van der Waals surface area contributed by atoms with Crippen molar-refractivity contribution in [3.63, 3.8) is 0 Å². The molecule has 3 rings (SSSR count). The van der Waals surface area contributed by atoms with E-state index in [2.05, 4.69) is 37.6 Å². The lowest BCUT2D eigenvalue weighted by Gasteiger charge is -2.26. The van der Waals surface area contributed by atoms with Crippen LogP contribution < -0.4 is 5.32 Å². The van der Waals surface area contributed by atoms with Crippen LogP contribution in [0.25, 0.3) is 0 Å². The van der Waals surface area contributed by atoms with Gasteiger partial charge in [-0.1, -0.05) is 37.1 Å². The van der Waals surface area contributed by atoms with Gasteiger partial charge < -0.3 is 9.88 Å². The fourth-order valence-corrected chi connectivity index (χ4v) is 5.11. The predicted octanol–water partition coefficient (Wildman–Crippen LogP) is 4.83. The van der Waals surface area contributed by atoms with Gasteiger partial charge in [0.25, 0.3) is 0 Å². The first-order valence-corrected chi connectivity index (χ1v) is 11.5. The molecule has 7 heteroatoms. The maximum atomic E-state index is 12.5. The maximum absolute atomic E-state index is 12.5. The molecule has 1 aliphatic carbocycles. The zero-order valence-corrected chi connectivity index (χ0v) is 18.3. The number of nitrogens with one attached hydrogen (secondary N) is 1. The molecule has 148 valence electrons. The van der Waals surface area contributed by atoms with Crippen molar-refractivity contribution in [2.75, 3.05) is 0 Å². The van der Waals surface area contributed by atoms with E-state index >= 15 is 0 Å². The molecule has 2 aromatic rings. The summed E-state index contributed by atoms with van der Waals surface area (Å²) in [6, 6.07) is 4.68. The first-order valence-electron chi connectivity index (χ1n) is 9.78. The van der Waals surface area contributed by atoms with Crippen molar-refractivity contribution < 1.29 is 4.79 Å². The number of amides is 1. The third-order valence-corrected chi connectivity index (χ3v) is 6.67. The molecule has 0 aliphatic heterocycles. The van der Waals surface area contributed by atoms with Gasteiger partial charge >= 0.3 is 0 Å². The minimum Gasteiger partial charge on any atom is -0.351 e. The highest BCUT2D eigenvalue weighted by Gasteiger charge is 2.27. The lowest BCUT2D eigenvalue weighted by Crippen LogP contribution is -2.44. The number of hydrogen-bond donors (Lipinski definition) is 1. The summed E-state index contributed by atoms with van der Waals surface area (Å²) in [7, 11) is 0. The van der Waals surface area contributed by atoms with Gasteiger partial charge in [-0.2, -0.15) is 0 Å². The minimum absolute atomic E-state index is 0.0468. The Balaban J connectivity index is 1.81. The SMILES string of the molecule is CC(Sc1nnc(Cc2cccs2)n1C1CCCCC1)C(=O)NC(C)(C)C. The second kappa shape index (κ2) is 8.78. The van der Waals surface area contributed by atoms with E-state index in [0.29, 0.717) is 6.04 Å². The maximum Gasteiger partial charge on any atom is 0.233 e. The molecule has 0 spiro atoms. The van der Waals surface area contributed by atoms with Crippen LogP contribution in [0, 0.1) is 0 Å². The lowest BCUT2D eigenvalue weighted by atomic mass is 9.95. The van der Waals surface area contributed by atoms with Crippen LogP contribution in [0.3, 0.4) is 0 Å². The topological polar surface area (TPSA) is 59.8 Å². The molecule has 1 amide bonds. The summed E-state index contributed by atoms with van der Waals surface area (Å²) < 4.78 is 2.32. The third-order valence-electron chi connectivity index (χ3n) is 4.74. The summed E-state index contributed by atoms with van der Waals surface area (Å²) in [5.41, 5.74) is -0.229. The van der Waals surface area contributed by atoms with Gasteiger partial charge in [-0.05, 0) is 52.0 Å². The smallest absolute Gasteiger partial charge is 0.233 e. The third kappa shape index (κ3) is 5.57. The molecular weight excluding hydrogens is 376 g/mol. The summed E-state index contributed by atoms with van der Waals surface area (Å²) in [5.74, 6) is 1.07. The Morgan fingerprint density at radius 2 is 2.07 bits per heavy atom. The van der Waals surface area contributed by atoms with Crippen molar-refractivity contribution in [2.45, 2.75) is 88.2 Å². The Morgan fingerprint density at radius 1 is 1.33 bits per heavy atom. The standard InChI is InChI=1S/C20H30N4OS2/c1-14(18(25)21-20(2,3)4)27-19-23-22-17(13-16-11-8-12-26-16)24(19)15-9-6-5-7-10-15/h8,11-12,14-15H,5-7,9-10,13H2,1-4H3,(H,21,25). The van der Waals surface area contributed by atoms with Gasteiger partial charge in [0.1, 0.15) is 5.82 Å². The first kappa shape index (κ1) is 20.4. The summed E-state index contributed by atoms with van der Waals surface area (Å²) in [5, 5.41) is 14.9. The average molecular weight is 407 g/mol. The number of thioether (sulfide) groups is 1. The van der Waals surface area contributed by atoms with Gasteiger partial charge in [0.05, 0.1) is 5.25 Å². The van der Waals surface area contributed by atoms with Crippen LogP contribution in [0.15, 0.2) is 22.7 Å². The van der Waals surface area contributed by atoms with E-state index in [1.807, 2.05) is 27.7 Å². The number of rotatable bonds is 6. The molecule has 1 saturated carbocycles. The zero-order valence-electron chi connectivity index (χ0n) is 16.7. The highest BCUT2D eigenvalue weighted by Crippen LogP contribution is 2.34.